The van der Waals surface area contributed by atoms with Crippen LogP contribution in [0.15, 0.2) is 9.95 Å². The first-order valence-electron chi connectivity index (χ1n) is 7.53. The molecule has 21 heavy (non-hydrogen) atoms. The first kappa shape index (κ1) is 16.1. The molecular weight excluding hydrogens is 286 g/mol. The van der Waals surface area contributed by atoms with Crippen molar-refractivity contribution >= 4 is 11.8 Å². The Morgan fingerprint density at radius 2 is 2.48 bits per heavy atom. The fourth-order valence-electron chi connectivity index (χ4n) is 2.99. The summed E-state index contributed by atoms with van der Waals surface area (Å²) < 4.78 is 1.52. The number of hydrogen-bond acceptors (Lipinski definition) is 5. The van der Waals surface area contributed by atoms with Crippen LogP contribution in [0.3, 0.4) is 0 Å². The van der Waals surface area contributed by atoms with Crippen molar-refractivity contribution in [1.29, 1.82) is 5.26 Å². The maximum Gasteiger partial charge on any atom is 0.343 e. The second kappa shape index (κ2) is 7.14. The molecule has 0 radical (unpaired) electrons. The lowest BCUT2D eigenvalue weighted by Crippen LogP contribution is -2.47. The van der Waals surface area contributed by atoms with Crippen molar-refractivity contribution in [3.63, 3.8) is 0 Å². The number of thioether (sulfide) groups is 1. The minimum Gasteiger partial charge on any atom is -0.299 e. The van der Waals surface area contributed by atoms with Crippen LogP contribution in [-0.4, -0.2) is 32.6 Å². The standard InChI is InChI=1S/C14H23N5OS/c1-3-8-16-14(10-15)7-4-5-11(14)6-9-21-13-18-17-12(20)19(13)2/h11,16H,3-9H2,1-2H3,(H,17,20). The second-order valence-corrected chi connectivity index (χ2v) is 6.67. The number of nitrogens with zero attached hydrogens (tertiary/aromatic N) is 3. The SMILES string of the molecule is CCCNC1(C#N)CCCC1CCSc1n[nH]c(=O)n1C. The van der Waals surface area contributed by atoms with Crippen molar-refractivity contribution in [3.8, 4) is 6.07 Å². The molecule has 0 bridgehead atoms. The molecule has 0 spiro atoms. The number of aromatic amines is 1. The predicted molar refractivity (Wildman–Crippen MR) is 83.1 cm³/mol. The zero-order valence-corrected chi connectivity index (χ0v) is 13.5. The molecule has 2 atom stereocenters. The summed E-state index contributed by atoms with van der Waals surface area (Å²) in [4.78, 5) is 11.3. The van der Waals surface area contributed by atoms with Crippen LogP contribution in [0.25, 0.3) is 0 Å². The minimum atomic E-state index is -0.353. The van der Waals surface area contributed by atoms with E-state index in [2.05, 4.69) is 28.5 Å². The topological polar surface area (TPSA) is 86.5 Å². The monoisotopic (exact) mass is 309 g/mol. The summed E-state index contributed by atoms with van der Waals surface area (Å²) in [6, 6.07) is 2.53. The zero-order chi connectivity index (χ0) is 15.3. The van der Waals surface area contributed by atoms with Crippen molar-refractivity contribution in [2.45, 2.75) is 49.7 Å². The maximum absolute atomic E-state index is 11.3. The zero-order valence-electron chi connectivity index (χ0n) is 12.7. The molecule has 7 heteroatoms. The van der Waals surface area contributed by atoms with Crippen LogP contribution < -0.4 is 11.0 Å². The van der Waals surface area contributed by atoms with Crippen LogP contribution in [0, 0.1) is 17.2 Å². The van der Waals surface area contributed by atoms with E-state index in [1.54, 1.807) is 18.8 Å². The molecule has 0 aromatic carbocycles. The van der Waals surface area contributed by atoms with Gasteiger partial charge in [-0.25, -0.2) is 9.89 Å². The molecule has 6 nitrogen and oxygen atoms in total. The van der Waals surface area contributed by atoms with Gasteiger partial charge in [-0.2, -0.15) is 5.26 Å². The van der Waals surface area contributed by atoms with E-state index in [9.17, 15) is 10.1 Å². The Labute approximate surface area is 129 Å². The highest BCUT2D eigenvalue weighted by atomic mass is 32.2. The third kappa shape index (κ3) is 3.50. The van der Waals surface area contributed by atoms with E-state index in [0.29, 0.717) is 11.1 Å². The molecule has 1 aliphatic rings. The number of nitriles is 1. The molecule has 1 saturated carbocycles. The van der Waals surface area contributed by atoms with Gasteiger partial charge < -0.3 is 0 Å². The molecule has 0 aliphatic heterocycles. The summed E-state index contributed by atoms with van der Waals surface area (Å²) in [6.07, 6.45) is 5.17. The van der Waals surface area contributed by atoms with E-state index in [1.165, 1.54) is 4.57 Å². The average molecular weight is 309 g/mol. The van der Waals surface area contributed by atoms with Crippen molar-refractivity contribution in [1.82, 2.24) is 20.1 Å². The average Bonchev–Trinajstić information content (AvgIpc) is 3.04. The van der Waals surface area contributed by atoms with Gasteiger partial charge in [0, 0.05) is 12.8 Å². The Balaban J connectivity index is 1.91. The summed E-state index contributed by atoms with van der Waals surface area (Å²) in [5.41, 5.74) is -0.539. The lowest BCUT2D eigenvalue weighted by Gasteiger charge is -2.29. The number of H-pyrrole nitrogens is 1. The van der Waals surface area contributed by atoms with E-state index in [0.717, 1.165) is 44.4 Å². The van der Waals surface area contributed by atoms with E-state index in [-0.39, 0.29) is 11.2 Å². The number of aromatic nitrogens is 3. The van der Waals surface area contributed by atoms with Gasteiger partial charge in [0.15, 0.2) is 5.16 Å². The lowest BCUT2D eigenvalue weighted by atomic mass is 9.86. The van der Waals surface area contributed by atoms with Crippen LogP contribution in [0.5, 0.6) is 0 Å². The van der Waals surface area contributed by atoms with Crippen LogP contribution >= 0.6 is 11.8 Å². The van der Waals surface area contributed by atoms with Crippen molar-refractivity contribution < 1.29 is 0 Å². The van der Waals surface area contributed by atoms with E-state index >= 15 is 0 Å². The van der Waals surface area contributed by atoms with Crippen LogP contribution in [0.1, 0.15) is 39.0 Å². The summed E-state index contributed by atoms with van der Waals surface area (Å²) in [5, 5.41) is 20.2. The Morgan fingerprint density at radius 1 is 1.67 bits per heavy atom. The van der Waals surface area contributed by atoms with Crippen LogP contribution in [0.4, 0.5) is 0 Å². The molecule has 1 fully saturated rings. The first-order chi connectivity index (χ1) is 10.1. The highest BCUT2D eigenvalue weighted by molar-refractivity contribution is 7.99. The summed E-state index contributed by atoms with van der Waals surface area (Å²) in [6.45, 7) is 3.01. The van der Waals surface area contributed by atoms with Crippen LogP contribution in [-0.2, 0) is 7.05 Å². The Bertz CT molecular complexity index is 560. The van der Waals surface area contributed by atoms with Gasteiger partial charge in [-0.15, -0.1) is 5.10 Å². The molecule has 2 N–H and O–H groups in total. The van der Waals surface area contributed by atoms with Gasteiger partial charge in [0.1, 0.15) is 5.54 Å². The summed E-state index contributed by atoms with van der Waals surface area (Å²) in [5.74, 6) is 1.26. The highest BCUT2D eigenvalue weighted by Gasteiger charge is 2.42. The fraction of sp³-hybridized carbons (Fsp3) is 0.786. The molecule has 2 unspecified atom stereocenters. The Kier molecular flexibility index (Phi) is 5.48. The normalized spacial score (nSPS) is 25.1. The number of nitrogens with one attached hydrogen (secondary N) is 2. The largest absolute Gasteiger partial charge is 0.343 e. The van der Waals surface area contributed by atoms with Gasteiger partial charge in [0.05, 0.1) is 6.07 Å². The van der Waals surface area contributed by atoms with Crippen molar-refractivity contribution in [3.05, 3.63) is 10.5 Å². The van der Waals surface area contributed by atoms with E-state index in [1.807, 2.05) is 0 Å². The predicted octanol–water partition coefficient (Wildman–Crippen LogP) is 1.65. The van der Waals surface area contributed by atoms with Gasteiger partial charge in [0.2, 0.25) is 0 Å². The van der Waals surface area contributed by atoms with Crippen molar-refractivity contribution in [2.24, 2.45) is 13.0 Å². The van der Waals surface area contributed by atoms with Gasteiger partial charge in [-0.3, -0.25) is 9.88 Å². The van der Waals surface area contributed by atoms with Gasteiger partial charge in [0.25, 0.3) is 0 Å². The molecule has 1 aromatic heterocycles. The highest BCUT2D eigenvalue weighted by Crippen LogP contribution is 2.38. The molecule has 0 saturated heterocycles. The smallest absolute Gasteiger partial charge is 0.299 e. The van der Waals surface area contributed by atoms with Crippen LogP contribution in [0.2, 0.25) is 0 Å². The molecular formula is C14H23N5OS. The van der Waals surface area contributed by atoms with Gasteiger partial charge in [-0.05, 0) is 38.1 Å². The third-order valence-corrected chi connectivity index (χ3v) is 5.31. The third-order valence-electron chi connectivity index (χ3n) is 4.25. The Hall–Kier alpha value is -1.26. The minimum absolute atomic E-state index is 0.186. The molecule has 1 aliphatic carbocycles. The van der Waals surface area contributed by atoms with Gasteiger partial charge in [-0.1, -0.05) is 25.1 Å². The molecule has 1 aromatic rings. The molecule has 2 rings (SSSR count). The molecule has 1 heterocycles. The first-order valence-corrected chi connectivity index (χ1v) is 8.52. The molecule has 0 amide bonds. The molecule has 116 valence electrons. The van der Waals surface area contributed by atoms with Gasteiger partial charge >= 0.3 is 5.69 Å². The Morgan fingerprint density at radius 3 is 3.10 bits per heavy atom. The summed E-state index contributed by atoms with van der Waals surface area (Å²) in [7, 11) is 1.71. The quantitative estimate of drug-likeness (QED) is 0.748. The number of rotatable bonds is 7. The lowest BCUT2D eigenvalue weighted by molar-refractivity contribution is 0.311. The van der Waals surface area contributed by atoms with Crippen molar-refractivity contribution in [2.75, 3.05) is 12.3 Å². The number of hydrogen-bond donors (Lipinski definition) is 2. The fourth-order valence-corrected chi connectivity index (χ4v) is 3.96. The van der Waals surface area contributed by atoms with E-state index < -0.39 is 0 Å². The van der Waals surface area contributed by atoms with E-state index in [4.69, 9.17) is 0 Å². The maximum atomic E-state index is 11.3. The summed E-state index contributed by atoms with van der Waals surface area (Å²) >= 11 is 1.57. The second-order valence-electron chi connectivity index (χ2n) is 5.61.